The van der Waals surface area contributed by atoms with Gasteiger partial charge in [-0.3, -0.25) is 4.98 Å². The Bertz CT molecular complexity index is 429. The fourth-order valence-electron chi connectivity index (χ4n) is 1.09. The summed E-state index contributed by atoms with van der Waals surface area (Å²) in [5.74, 6) is 0. The number of hydrazone groups is 1. The van der Waals surface area contributed by atoms with Crippen LogP contribution in [0.25, 0.3) is 0 Å². The number of pyridine rings is 1. The zero-order valence-electron chi connectivity index (χ0n) is 8.41. The van der Waals surface area contributed by atoms with Gasteiger partial charge in [-0.2, -0.15) is 23.3 Å². The Morgan fingerprint density at radius 1 is 1.12 bits per heavy atom. The van der Waals surface area contributed by atoms with Crippen molar-refractivity contribution in [3.63, 3.8) is 0 Å². The summed E-state index contributed by atoms with van der Waals surface area (Å²) >= 11 is 0. The fourth-order valence-corrected chi connectivity index (χ4v) is 1.09. The average molecular weight is 255 g/mol. The maximum absolute atomic E-state index is 4.10. The van der Waals surface area contributed by atoms with Crippen LogP contribution >= 0.6 is 0 Å². The van der Waals surface area contributed by atoms with Crippen molar-refractivity contribution in [2.45, 2.75) is 0 Å². The Morgan fingerprint density at radius 3 is 2.50 bits per heavy atom. The summed E-state index contributed by atoms with van der Waals surface area (Å²) in [4.78, 5) is 3.93. The topological polar surface area (TPSA) is 37.3 Å². The van der Waals surface area contributed by atoms with Gasteiger partial charge in [0.25, 0.3) is 0 Å². The number of nitrogens with zero attached hydrogens (tertiary/aromatic N) is 2. The first-order valence-electron chi connectivity index (χ1n) is 4.60. The molecule has 0 bridgehead atoms. The van der Waals surface area contributed by atoms with Crippen LogP contribution in [0.5, 0.6) is 0 Å². The first kappa shape index (κ1) is 12.4. The van der Waals surface area contributed by atoms with E-state index in [9.17, 15) is 0 Å². The van der Waals surface area contributed by atoms with E-state index < -0.39 is 0 Å². The maximum atomic E-state index is 4.10. The van der Waals surface area contributed by atoms with Crippen LogP contribution < -0.4 is 5.43 Å². The fraction of sp³-hybridized carbons (Fsp3) is 0. The minimum Gasteiger partial charge on any atom is -0.303 e. The molecule has 0 atom stereocenters. The molecule has 1 aromatic carbocycles. The number of nitrogens with one attached hydrogen (secondary N) is 1. The molecule has 16 heavy (non-hydrogen) atoms. The zero-order valence-corrected chi connectivity index (χ0v) is 9.39. The third kappa shape index (κ3) is 3.83. The second-order valence-electron chi connectivity index (χ2n) is 2.94. The Hall–Kier alpha value is -1.67. The van der Waals surface area contributed by atoms with Gasteiger partial charge >= 0.3 is 0 Å². The molecule has 3 nitrogen and oxygen atoms in total. The SMILES string of the molecule is [Ni].[c-]1ccc(N/N=C/c2ccncc2)cc1. The summed E-state index contributed by atoms with van der Waals surface area (Å²) in [6, 6.07) is 14.2. The molecular weight excluding hydrogens is 245 g/mol. The molecule has 0 spiro atoms. The number of aromatic nitrogens is 1. The van der Waals surface area contributed by atoms with E-state index in [-0.39, 0.29) is 16.5 Å². The van der Waals surface area contributed by atoms with Crippen molar-refractivity contribution in [2.75, 3.05) is 5.43 Å². The molecule has 1 aromatic heterocycles. The third-order valence-corrected chi connectivity index (χ3v) is 1.83. The van der Waals surface area contributed by atoms with Gasteiger partial charge in [0.2, 0.25) is 0 Å². The summed E-state index contributed by atoms with van der Waals surface area (Å²) in [5, 5.41) is 4.10. The van der Waals surface area contributed by atoms with E-state index in [0.717, 1.165) is 11.3 Å². The van der Waals surface area contributed by atoms with Crippen LogP contribution in [0.2, 0.25) is 0 Å². The van der Waals surface area contributed by atoms with Gasteiger partial charge in [0, 0.05) is 28.9 Å². The van der Waals surface area contributed by atoms with E-state index >= 15 is 0 Å². The smallest absolute Gasteiger partial charge is 0.0544 e. The van der Waals surface area contributed by atoms with Crippen LogP contribution in [0.4, 0.5) is 5.69 Å². The molecule has 0 amide bonds. The van der Waals surface area contributed by atoms with E-state index in [1.54, 1.807) is 18.6 Å². The summed E-state index contributed by atoms with van der Waals surface area (Å²) < 4.78 is 0. The van der Waals surface area contributed by atoms with E-state index in [2.05, 4.69) is 21.6 Å². The van der Waals surface area contributed by atoms with Crippen molar-refractivity contribution in [3.05, 3.63) is 60.4 Å². The summed E-state index contributed by atoms with van der Waals surface area (Å²) in [5.41, 5.74) is 4.88. The standard InChI is InChI=1S/C12H10N3.Ni/c1-2-4-12(5-3-1)15-14-10-11-6-8-13-9-7-11;/h2-10,15H;/q-1;/b14-10+;. The largest absolute Gasteiger partial charge is 0.303 e. The number of benzene rings is 1. The Kier molecular flexibility index (Phi) is 5.23. The minimum atomic E-state index is 0. The summed E-state index contributed by atoms with van der Waals surface area (Å²) in [6.45, 7) is 0. The van der Waals surface area contributed by atoms with Gasteiger partial charge in [-0.1, -0.05) is 5.69 Å². The van der Waals surface area contributed by atoms with Crippen LogP contribution in [0.1, 0.15) is 5.56 Å². The molecule has 0 saturated heterocycles. The molecule has 2 aromatic rings. The normalized spacial score (nSPS) is 9.75. The molecule has 0 aliphatic carbocycles. The Balaban J connectivity index is 0.00000128. The van der Waals surface area contributed by atoms with Gasteiger partial charge in [0.15, 0.2) is 0 Å². The molecule has 0 aliphatic heterocycles. The molecule has 0 saturated carbocycles. The van der Waals surface area contributed by atoms with Crippen LogP contribution in [-0.2, 0) is 16.5 Å². The Morgan fingerprint density at radius 2 is 1.81 bits per heavy atom. The number of rotatable bonds is 3. The summed E-state index contributed by atoms with van der Waals surface area (Å²) in [7, 11) is 0. The molecule has 1 heterocycles. The molecule has 4 heteroatoms. The number of hydrogen-bond acceptors (Lipinski definition) is 3. The van der Waals surface area contributed by atoms with Crippen molar-refractivity contribution < 1.29 is 16.5 Å². The molecular formula is C12H10N3Ni-. The third-order valence-electron chi connectivity index (χ3n) is 1.83. The van der Waals surface area contributed by atoms with Crippen molar-refractivity contribution in [1.82, 2.24) is 4.98 Å². The van der Waals surface area contributed by atoms with Gasteiger partial charge in [0.1, 0.15) is 0 Å². The Labute approximate surface area is 105 Å². The molecule has 2 rings (SSSR count). The first-order chi connectivity index (χ1) is 7.45. The van der Waals surface area contributed by atoms with E-state index in [0.29, 0.717) is 0 Å². The van der Waals surface area contributed by atoms with Gasteiger partial charge < -0.3 is 5.43 Å². The number of hydrogen-bond donors (Lipinski definition) is 1. The van der Waals surface area contributed by atoms with Crippen LogP contribution in [0.15, 0.2) is 53.9 Å². The monoisotopic (exact) mass is 254 g/mol. The van der Waals surface area contributed by atoms with Crippen molar-refractivity contribution in [1.29, 1.82) is 0 Å². The van der Waals surface area contributed by atoms with Crippen molar-refractivity contribution in [2.24, 2.45) is 5.10 Å². The van der Waals surface area contributed by atoms with E-state index in [4.69, 9.17) is 0 Å². The predicted octanol–water partition coefficient (Wildman–Crippen LogP) is 2.33. The average Bonchev–Trinajstić information content (AvgIpc) is 2.32. The zero-order chi connectivity index (χ0) is 10.3. The number of anilines is 1. The van der Waals surface area contributed by atoms with Crippen LogP contribution in [-0.4, -0.2) is 11.2 Å². The molecule has 0 aliphatic rings. The quantitative estimate of drug-likeness (QED) is 0.395. The van der Waals surface area contributed by atoms with Gasteiger partial charge in [-0.05, 0) is 17.7 Å². The van der Waals surface area contributed by atoms with Gasteiger partial charge in [-0.15, -0.1) is 12.1 Å². The molecule has 0 radical (unpaired) electrons. The first-order valence-corrected chi connectivity index (χ1v) is 4.60. The van der Waals surface area contributed by atoms with Crippen molar-refractivity contribution >= 4 is 11.9 Å². The second kappa shape index (κ2) is 6.75. The minimum absolute atomic E-state index is 0. The molecule has 0 fully saturated rings. The molecule has 84 valence electrons. The molecule has 0 unspecified atom stereocenters. The summed E-state index contributed by atoms with van der Waals surface area (Å²) in [6.07, 6.45) is 5.22. The van der Waals surface area contributed by atoms with Crippen molar-refractivity contribution in [3.8, 4) is 0 Å². The van der Waals surface area contributed by atoms with E-state index in [1.165, 1.54) is 0 Å². The van der Waals surface area contributed by atoms with Crippen LogP contribution in [0.3, 0.4) is 0 Å². The van der Waals surface area contributed by atoms with Crippen LogP contribution in [0, 0.1) is 6.07 Å². The molecule has 1 N–H and O–H groups in total. The second-order valence-corrected chi connectivity index (χ2v) is 2.94. The van der Waals surface area contributed by atoms with Gasteiger partial charge in [0.05, 0.1) is 6.21 Å². The predicted molar refractivity (Wildman–Crippen MR) is 60.7 cm³/mol. The van der Waals surface area contributed by atoms with Gasteiger partial charge in [-0.25, -0.2) is 0 Å². The maximum Gasteiger partial charge on any atom is 0.0544 e. The van der Waals surface area contributed by atoms with E-state index in [1.807, 2.05) is 36.4 Å².